The highest BCUT2D eigenvalue weighted by Crippen LogP contribution is 2.24. The summed E-state index contributed by atoms with van der Waals surface area (Å²) in [6.07, 6.45) is 0. The SMILES string of the molecule is COC(=O)[C@H](C)NS(=O)(=O)c1cc(C)sc1C. The van der Waals surface area contributed by atoms with Crippen LogP contribution in [-0.4, -0.2) is 27.5 Å². The third kappa shape index (κ3) is 3.27. The first-order chi connectivity index (χ1) is 7.77. The van der Waals surface area contributed by atoms with E-state index in [0.717, 1.165) is 4.88 Å². The molecule has 0 saturated heterocycles. The summed E-state index contributed by atoms with van der Waals surface area (Å²) < 4.78 is 30.7. The van der Waals surface area contributed by atoms with E-state index in [1.54, 1.807) is 13.0 Å². The zero-order chi connectivity index (χ0) is 13.2. The van der Waals surface area contributed by atoms with Crippen LogP contribution in [0.5, 0.6) is 0 Å². The molecule has 1 heterocycles. The standard InChI is InChI=1S/C10H15NO4S2/c1-6-5-9(8(3)16-6)17(13,14)11-7(2)10(12)15-4/h5,7,11H,1-4H3/t7-/m0/s1. The molecule has 0 aliphatic carbocycles. The van der Waals surface area contributed by atoms with E-state index >= 15 is 0 Å². The van der Waals surface area contributed by atoms with Crippen molar-refractivity contribution in [1.82, 2.24) is 4.72 Å². The molecular formula is C10H15NO4S2. The average molecular weight is 277 g/mol. The molecule has 96 valence electrons. The van der Waals surface area contributed by atoms with Gasteiger partial charge in [0.05, 0.1) is 12.0 Å². The van der Waals surface area contributed by atoms with Crippen LogP contribution in [0.25, 0.3) is 0 Å². The lowest BCUT2D eigenvalue weighted by molar-refractivity contribution is -0.142. The molecule has 1 atom stereocenters. The van der Waals surface area contributed by atoms with Crippen molar-refractivity contribution in [2.45, 2.75) is 31.7 Å². The first-order valence-corrected chi connectivity index (χ1v) is 7.25. The molecule has 1 aromatic rings. The summed E-state index contributed by atoms with van der Waals surface area (Å²) in [5, 5.41) is 0. The molecule has 1 aromatic heterocycles. The summed E-state index contributed by atoms with van der Waals surface area (Å²) in [6.45, 7) is 5.01. The maximum atomic E-state index is 12.0. The molecule has 1 rings (SSSR count). The second-order valence-electron chi connectivity index (χ2n) is 3.64. The van der Waals surface area contributed by atoms with Gasteiger partial charge in [0, 0.05) is 9.75 Å². The Bertz CT molecular complexity index is 518. The number of carbonyl (C=O) groups excluding carboxylic acids is 1. The van der Waals surface area contributed by atoms with Crippen molar-refractivity contribution in [1.29, 1.82) is 0 Å². The van der Waals surface area contributed by atoms with Gasteiger partial charge in [0.25, 0.3) is 0 Å². The zero-order valence-corrected chi connectivity index (χ0v) is 11.7. The number of aryl methyl sites for hydroxylation is 2. The lowest BCUT2D eigenvalue weighted by Gasteiger charge is -2.11. The van der Waals surface area contributed by atoms with Crippen LogP contribution < -0.4 is 4.72 Å². The first kappa shape index (κ1) is 14.1. The maximum Gasteiger partial charge on any atom is 0.323 e. The van der Waals surface area contributed by atoms with Crippen LogP contribution in [0.2, 0.25) is 0 Å². The molecule has 0 amide bonds. The molecule has 0 unspecified atom stereocenters. The van der Waals surface area contributed by atoms with E-state index in [4.69, 9.17) is 0 Å². The molecule has 5 nitrogen and oxygen atoms in total. The molecule has 0 spiro atoms. The number of esters is 1. The summed E-state index contributed by atoms with van der Waals surface area (Å²) in [6, 6.07) is 0.691. The van der Waals surface area contributed by atoms with Gasteiger partial charge in [-0.1, -0.05) is 0 Å². The summed E-state index contributed by atoms with van der Waals surface area (Å²) in [5.74, 6) is -0.613. The van der Waals surface area contributed by atoms with Crippen LogP contribution in [0, 0.1) is 13.8 Å². The number of hydrogen-bond donors (Lipinski definition) is 1. The molecule has 17 heavy (non-hydrogen) atoms. The number of ether oxygens (including phenoxy) is 1. The number of nitrogens with one attached hydrogen (secondary N) is 1. The van der Waals surface area contributed by atoms with E-state index < -0.39 is 22.0 Å². The summed E-state index contributed by atoms with van der Waals surface area (Å²) in [4.78, 5) is 13.0. The molecule has 0 aromatic carbocycles. The Morgan fingerprint density at radius 1 is 1.47 bits per heavy atom. The van der Waals surface area contributed by atoms with Gasteiger partial charge >= 0.3 is 5.97 Å². The van der Waals surface area contributed by atoms with E-state index in [9.17, 15) is 13.2 Å². The summed E-state index contributed by atoms with van der Waals surface area (Å²) >= 11 is 1.40. The number of carbonyl (C=O) groups is 1. The van der Waals surface area contributed by atoms with Gasteiger partial charge in [-0.15, -0.1) is 11.3 Å². The third-order valence-corrected chi connectivity index (χ3v) is 4.93. The highest BCUT2D eigenvalue weighted by atomic mass is 32.2. The van der Waals surface area contributed by atoms with E-state index in [2.05, 4.69) is 9.46 Å². The lowest BCUT2D eigenvalue weighted by Crippen LogP contribution is -2.39. The molecule has 0 radical (unpaired) electrons. The minimum Gasteiger partial charge on any atom is -0.468 e. The smallest absolute Gasteiger partial charge is 0.323 e. The maximum absolute atomic E-state index is 12.0. The molecule has 7 heteroatoms. The van der Waals surface area contributed by atoms with Crippen molar-refractivity contribution in [3.05, 3.63) is 15.8 Å². The topological polar surface area (TPSA) is 72.5 Å². The Labute approximate surface area is 105 Å². The normalized spacial score (nSPS) is 13.4. The highest BCUT2D eigenvalue weighted by molar-refractivity contribution is 7.89. The Morgan fingerprint density at radius 2 is 2.06 bits per heavy atom. The molecule has 0 aliphatic rings. The van der Waals surface area contributed by atoms with Gasteiger partial charge in [-0.05, 0) is 26.8 Å². The van der Waals surface area contributed by atoms with Crippen LogP contribution in [0.3, 0.4) is 0 Å². The molecule has 0 fully saturated rings. The van der Waals surface area contributed by atoms with Crippen LogP contribution in [-0.2, 0) is 19.6 Å². The Morgan fingerprint density at radius 3 is 2.47 bits per heavy atom. The number of rotatable bonds is 4. The molecular weight excluding hydrogens is 262 g/mol. The van der Waals surface area contributed by atoms with Crippen molar-refractivity contribution < 1.29 is 17.9 Å². The van der Waals surface area contributed by atoms with Crippen LogP contribution in [0.4, 0.5) is 0 Å². The Balaban J connectivity index is 2.97. The van der Waals surface area contributed by atoms with E-state index in [1.165, 1.54) is 25.4 Å². The fourth-order valence-electron chi connectivity index (χ4n) is 1.40. The predicted octanol–water partition coefficient (Wildman–Crippen LogP) is 1.20. The quantitative estimate of drug-likeness (QED) is 0.839. The van der Waals surface area contributed by atoms with Crippen molar-refractivity contribution in [2.24, 2.45) is 0 Å². The van der Waals surface area contributed by atoms with Crippen LogP contribution in [0.15, 0.2) is 11.0 Å². The molecule has 0 saturated carbocycles. The summed E-state index contributed by atoms with van der Waals surface area (Å²) in [7, 11) is -2.45. The van der Waals surface area contributed by atoms with Crippen molar-refractivity contribution in [3.8, 4) is 0 Å². The van der Waals surface area contributed by atoms with Crippen LogP contribution >= 0.6 is 11.3 Å². The number of hydrogen-bond acceptors (Lipinski definition) is 5. The van der Waals surface area contributed by atoms with E-state index in [1.807, 2.05) is 6.92 Å². The van der Waals surface area contributed by atoms with Gasteiger partial charge < -0.3 is 4.74 Å². The van der Waals surface area contributed by atoms with E-state index in [0.29, 0.717) is 4.88 Å². The second-order valence-corrected chi connectivity index (χ2v) is 6.79. The molecule has 0 aliphatic heterocycles. The predicted molar refractivity (Wildman–Crippen MR) is 65.6 cm³/mol. The zero-order valence-electron chi connectivity index (χ0n) is 10.1. The Kier molecular flexibility index (Phi) is 4.29. The van der Waals surface area contributed by atoms with Gasteiger partial charge in [-0.3, -0.25) is 4.79 Å². The monoisotopic (exact) mass is 277 g/mol. The molecule has 0 bridgehead atoms. The van der Waals surface area contributed by atoms with Gasteiger partial charge in [-0.2, -0.15) is 4.72 Å². The van der Waals surface area contributed by atoms with Gasteiger partial charge in [-0.25, -0.2) is 8.42 Å². The Hall–Kier alpha value is -0.920. The number of sulfonamides is 1. The van der Waals surface area contributed by atoms with Gasteiger partial charge in [0.15, 0.2) is 0 Å². The fourth-order valence-corrected chi connectivity index (χ4v) is 4.14. The lowest BCUT2D eigenvalue weighted by atomic mass is 10.4. The van der Waals surface area contributed by atoms with Gasteiger partial charge in [0.1, 0.15) is 6.04 Å². The largest absolute Gasteiger partial charge is 0.468 e. The first-order valence-electron chi connectivity index (χ1n) is 4.95. The fraction of sp³-hybridized carbons (Fsp3) is 0.500. The number of thiophene rings is 1. The van der Waals surface area contributed by atoms with Crippen LogP contribution in [0.1, 0.15) is 16.7 Å². The number of methoxy groups -OCH3 is 1. The molecule has 1 N–H and O–H groups in total. The third-order valence-electron chi connectivity index (χ3n) is 2.17. The minimum atomic E-state index is -3.66. The average Bonchev–Trinajstić information content (AvgIpc) is 2.56. The summed E-state index contributed by atoms with van der Waals surface area (Å²) in [5.41, 5.74) is 0. The second kappa shape index (κ2) is 5.16. The van der Waals surface area contributed by atoms with Gasteiger partial charge in [0.2, 0.25) is 10.0 Å². The van der Waals surface area contributed by atoms with Crippen molar-refractivity contribution in [2.75, 3.05) is 7.11 Å². The van der Waals surface area contributed by atoms with Crippen molar-refractivity contribution >= 4 is 27.3 Å². The minimum absolute atomic E-state index is 0.218. The highest BCUT2D eigenvalue weighted by Gasteiger charge is 2.24. The van der Waals surface area contributed by atoms with Crippen molar-refractivity contribution in [3.63, 3.8) is 0 Å². The van der Waals surface area contributed by atoms with E-state index in [-0.39, 0.29) is 4.90 Å².